The molecule has 0 amide bonds. The van der Waals surface area contributed by atoms with Crippen molar-refractivity contribution in [3.05, 3.63) is 60.2 Å². The third-order valence-electron chi connectivity index (χ3n) is 5.95. The number of ether oxygens (including phenoxy) is 1. The number of likely N-dealkylation sites (tertiary alicyclic amines) is 1. The zero-order valence-corrected chi connectivity index (χ0v) is 19.5. The number of furan rings is 1. The van der Waals surface area contributed by atoms with E-state index in [4.69, 9.17) is 9.15 Å². The van der Waals surface area contributed by atoms with Gasteiger partial charge < -0.3 is 14.1 Å². The number of piperidine rings is 1. The van der Waals surface area contributed by atoms with E-state index < -0.39 is 16.1 Å². The molecule has 2 N–H and O–H groups in total. The molecule has 8 heteroatoms. The van der Waals surface area contributed by atoms with Crippen LogP contribution < -0.4 is 9.46 Å². The molecule has 4 rings (SSSR count). The lowest BCUT2D eigenvalue weighted by Crippen LogP contribution is -2.29. The predicted octanol–water partition coefficient (Wildman–Crippen LogP) is 4.70. The van der Waals surface area contributed by atoms with Gasteiger partial charge in [0, 0.05) is 23.5 Å². The van der Waals surface area contributed by atoms with Crippen LogP contribution in [0.4, 0.5) is 0 Å². The number of methoxy groups -OCH3 is 1. The van der Waals surface area contributed by atoms with Crippen LogP contribution in [0.25, 0.3) is 11.3 Å². The third kappa shape index (κ3) is 5.09. The van der Waals surface area contributed by atoms with Crippen molar-refractivity contribution in [1.29, 1.82) is 0 Å². The van der Waals surface area contributed by atoms with Gasteiger partial charge in [0.25, 0.3) is 0 Å². The second-order valence-electron chi connectivity index (χ2n) is 8.19. The summed E-state index contributed by atoms with van der Waals surface area (Å²) in [4.78, 5) is 6.08. The average Bonchev–Trinajstić information content (AvgIpc) is 3.50. The molecule has 0 spiro atoms. The summed E-state index contributed by atoms with van der Waals surface area (Å²) >= 11 is 0. The maximum absolute atomic E-state index is 13.1. The van der Waals surface area contributed by atoms with Crippen LogP contribution in [-0.2, 0) is 16.6 Å². The lowest BCUT2D eigenvalue weighted by Gasteiger charge is -2.25. The first-order chi connectivity index (χ1) is 15.5. The number of sulfonamides is 1. The maximum Gasteiger partial charge on any atom is 0.241 e. The molecule has 0 aliphatic carbocycles. The van der Waals surface area contributed by atoms with Crippen molar-refractivity contribution in [2.75, 3.05) is 20.2 Å². The van der Waals surface area contributed by atoms with Gasteiger partial charge in [-0.2, -0.15) is 0 Å². The molecule has 2 aromatic heterocycles. The third-order valence-corrected chi connectivity index (χ3v) is 7.42. The maximum atomic E-state index is 13.1. The lowest BCUT2D eigenvalue weighted by atomic mass is 10.1. The number of nitrogens with zero attached hydrogens (tertiary/aromatic N) is 1. The Morgan fingerprint density at radius 1 is 1.16 bits per heavy atom. The second kappa shape index (κ2) is 9.94. The summed E-state index contributed by atoms with van der Waals surface area (Å²) in [7, 11) is -2.17. The fraction of sp³-hybridized carbons (Fsp3) is 0.417. The summed E-state index contributed by atoms with van der Waals surface area (Å²) in [6.07, 6.45) is 5.91. The minimum atomic E-state index is -3.76. The monoisotopic (exact) mass is 457 g/mol. The van der Waals surface area contributed by atoms with Crippen LogP contribution >= 0.6 is 0 Å². The minimum Gasteiger partial charge on any atom is -0.496 e. The molecule has 32 heavy (non-hydrogen) atoms. The molecule has 3 aromatic rings. The molecule has 1 atom stereocenters. The number of rotatable bonds is 9. The first-order valence-electron chi connectivity index (χ1n) is 11.1. The highest BCUT2D eigenvalue weighted by molar-refractivity contribution is 7.89. The van der Waals surface area contributed by atoms with E-state index >= 15 is 0 Å². The Balaban J connectivity index is 1.58. The van der Waals surface area contributed by atoms with Gasteiger partial charge >= 0.3 is 0 Å². The van der Waals surface area contributed by atoms with Gasteiger partial charge in [-0.1, -0.05) is 13.3 Å². The fourth-order valence-corrected chi connectivity index (χ4v) is 5.51. The molecule has 1 unspecified atom stereocenters. The van der Waals surface area contributed by atoms with Crippen molar-refractivity contribution in [1.82, 2.24) is 14.6 Å². The Labute approximate surface area is 189 Å². The van der Waals surface area contributed by atoms with Crippen LogP contribution in [0.5, 0.6) is 5.75 Å². The second-order valence-corrected chi connectivity index (χ2v) is 9.91. The van der Waals surface area contributed by atoms with Gasteiger partial charge in [0.05, 0.1) is 24.3 Å². The number of H-pyrrole nitrogens is 1. The van der Waals surface area contributed by atoms with Crippen molar-refractivity contribution in [3.63, 3.8) is 0 Å². The smallest absolute Gasteiger partial charge is 0.241 e. The van der Waals surface area contributed by atoms with E-state index in [1.807, 2.05) is 13.0 Å². The largest absolute Gasteiger partial charge is 0.496 e. The predicted molar refractivity (Wildman–Crippen MR) is 124 cm³/mol. The molecule has 1 saturated heterocycles. The summed E-state index contributed by atoms with van der Waals surface area (Å²) in [5, 5.41) is 0. The van der Waals surface area contributed by atoms with Crippen molar-refractivity contribution in [3.8, 4) is 17.0 Å². The lowest BCUT2D eigenvalue weighted by molar-refractivity contribution is 0.219. The number of benzene rings is 1. The zero-order chi connectivity index (χ0) is 22.6. The van der Waals surface area contributed by atoms with Gasteiger partial charge in [-0.05, 0) is 74.8 Å². The summed E-state index contributed by atoms with van der Waals surface area (Å²) in [5.41, 5.74) is 2.66. The molecule has 1 aromatic carbocycles. The van der Waals surface area contributed by atoms with Gasteiger partial charge in [0.15, 0.2) is 0 Å². The minimum absolute atomic E-state index is 0.186. The molecule has 0 saturated carbocycles. The van der Waals surface area contributed by atoms with Crippen LogP contribution in [0.2, 0.25) is 0 Å². The summed E-state index contributed by atoms with van der Waals surface area (Å²) in [6, 6.07) is 12.1. The van der Waals surface area contributed by atoms with E-state index in [0.29, 0.717) is 23.5 Å². The molecule has 1 aliphatic rings. The molecule has 1 fully saturated rings. The van der Waals surface area contributed by atoms with Gasteiger partial charge in [0.1, 0.15) is 11.5 Å². The molecule has 7 nitrogen and oxygen atoms in total. The van der Waals surface area contributed by atoms with Crippen LogP contribution in [0, 0.1) is 0 Å². The Kier molecular flexibility index (Phi) is 7.03. The first-order valence-corrected chi connectivity index (χ1v) is 12.6. The SMILES string of the molecule is CCC(NS(=O)(=O)c1ccc(OC)c(-c2ccc(CN3CCCCC3)[nH]2)c1)c1ccco1. The van der Waals surface area contributed by atoms with E-state index in [-0.39, 0.29) is 4.90 Å². The standard InChI is InChI=1S/C24H31N3O4S/c1-3-21(24-8-7-15-31-24)26-32(28,29)19-10-12-23(30-2)20(16-19)22-11-9-18(25-22)17-27-13-5-4-6-14-27/h7-12,15-16,21,25-26H,3-6,13-14,17H2,1-2H3. The van der Waals surface area contributed by atoms with Crippen LogP contribution in [0.3, 0.4) is 0 Å². The quantitative estimate of drug-likeness (QED) is 0.486. The molecular weight excluding hydrogens is 426 g/mol. The van der Waals surface area contributed by atoms with E-state index in [9.17, 15) is 8.42 Å². The summed E-state index contributed by atoms with van der Waals surface area (Å²) < 4.78 is 40.0. The van der Waals surface area contributed by atoms with E-state index in [1.165, 1.54) is 19.3 Å². The van der Waals surface area contributed by atoms with E-state index in [2.05, 4.69) is 20.7 Å². The van der Waals surface area contributed by atoms with E-state index in [1.54, 1.807) is 43.7 Å². The summed E-state index contributed by atoms with van der Waals surface area (Å²) in [6.45, 7) is 5.01. The number of nitrogens with one attached hydrogen (secondary N) is 2. The molecule has 0 bridgehead atoms. The average molecular weight is 458 g/mol. The normalized spacial score (nSPS) is 16.2. The van der Waals surface area contributed by atoms with Crippen LogP contribution in [0.15, 0.2) is 58.0 Å². The zero-order valence-electron chi connectivity index (χ0n) is 18.6. The molecular formula is C24H31N3O4S. The Morgan fingerprint density at radius 2 is 1.97 bits per heavy atom. The highest BCUT2D eigenvalue weighted by Crippen LogP contribution is 2.32. The highest BCUT2D eigenvalue weighted by Gasteiger charge is 2.24. The molecule has 1 aliphatic heterocycles. The van der Waals surface area contributed by atoms with Crippen molar-refractivity contribution in [2.45, 2.75) is 50.1 Å². The number of aromatic nitrogens is 1. The molecule has 3 heterocycles. The highest BCUT2D eigenvalue weighted by atomic mass is 32.2. The van der Waals surface area contributed by atoms with Crippen molar-refractivity contribution in [2.24, 2.45) is 0 Å². The van der Waals surface area contributed by atoms with Gasteiger partial charge in [-0.15, -0.1) is 0 Å². The first kappa shape index (κ1) is 22.6. The Morgan fingerprint density at radius 3 is 2.66 bits per heavy atom. The van der Waals surface area contributed by atoms with Gasteiger partial charge in [-0.3, -0.25) is 4.90 Å². The number of hydrogen-bond acceptors (Lipinski definition) is 5. The van der Waals surface area contributed by atoms with Crippen LogP contribution in [0.1, 0.15) is 50.1 Å². The van der Waals surface area contributed by atoms with Gasteiger partial charge in [-0.25, -0.2) is 13.1 Å². The van der Waals surface area contributed by atoms with Crippen molar-refractivity contribution < 1.29 is 17.6 Å². The number of aromatic amines is 1. The molecule has 0 radical (unpaired) electrons. The van der Waals surface area contributed by atoms with Crippen molar-refractivity contribution >= 4 is 10.0 Å². The Hall–Kier alpha value is -2.55. The van der Waals surface area contributed by atoms with Gasteiger partial charge in [0.2, 0.25) is 10.0 Å². The van der Waals surface area contributed by atoms with Crippen LogP contribution in [-0.4, -0.2) is 38.5 Å². The fourth-order valence-electron chi connectivity index (χ4n) is 4.20. The topological polar surface area (TPSA) is 87.6 Å². The van der Waals surface area contributed by atoms with E-state index in [0.717, 1.165) is 31.0 Å². The summed E-state index contributed by atoms with van der Waals surface area (Å²) in [5.74, 6) is 1.21. The Bertz CT molecular complexity index is 1120. The number of hydrogen-bond donors (Lipinski definition) is 2. The molecule has 172 valence electrons.